The van der Waals surface area contributed by atoms with Crippen molar-refractivity contribution in [3.05, 3.63) is 12.4 Å². The van der Waals surface area contributed by atoms with Crippen molar-refractivity contribution in [3.63, 3.8) is 0 Å². The Morgan fingerprint density at radius 3 is 2.68 bits per heavy atom. The van der Waals surface area contributed by atoms with Gasteiger partial charge in [0.25, 0.3) is 0 Å². The van der Waals surface area contributed by atoms with Gasteiger partial charge in [0.2, 0.25) is 9.05 Å². The summed E-state index contributed by atoms with van der Waals surface area (Å²) in [4.78, 5) is 0. The minimum atomic E-state index is -3.50. The Bertz CT molecular complexity index is 485. The maximum atomic E-state index is 11.1. The second-order valence-electron chi connectivity index (χ2n) is 4.96. The van der Waals surface area contributed by atoms with E-state index in [1.54, 1.807) is 10.9 Å². The molecule has 0 saturated heterocycles. The molecule has 0 aliphatic heterocycles. The Hall–Kier alpha value is -0.750. The number of aromatic nitrogens is 2. The van der Waals surface area contributed by atoms with Crippen molar-refractivity contribution in [2.75, 3.05) is 12.4 Å². The Morgan fingerprint density at radius 1 is 1.47 bits per heavy atom. The fraction of sp³-hybridized carbons (Fsp3) is 0.750. The third-order valence-corrected chi connectivity index (χ3v) is 4.09. The van der Waals surface area contributed by atoms with Crippen LogP contribution in [-0.4, -0.2) is 30.6 Å². The van der Waals surface area contributed by atoms with Gasteiger partial charge in [0, 0.05) is 23.1 Å². The highest BCUT2D eigenvalue weighted by atomic mass is 35.7. The van der Waals surface area contributed by atoms with E-state index in [9.17, 15) is 8.42 Å². The quantitative estimate of drug-likeness (QED) is 0.692. The lowest BCUT2D eigenvalue weighted by Gasteiger charge is -2.19. The summed E-state index contributed by atoms with van der Waals surface area (Å²) in [6, 6.07) is 0. The normalized spacial score (nSPS) is 13.7. The number of halogens is 1. The van der Waals surface area contributed by atoms with Gasteiger partial charge in [-0.15, -0.1) is 0 Å². The Morgan fingerprint density at radius 2 is 2.16 bits per heavy atom. The van der Waals surface area contributed by atoms with Crippen LogP contribution in [0.2, 0.25) is 0 Å². The van der Waals surface area contributed by atoms with E-state index in [2.05, 4.69) is 12.0 Å². The van der Waals surface area contributed by atoms with Crippen LogP contribution in [0.15, 0.2) is 12.4 Å². The maximum absolute atomic E-state index is 11.1. The molecule has 0 aliphatic carbocycles. The first kappa shape index (κ1) is 16.3. The van der Waals surface area contributed by atoms with Gasteiger partial charge in [0.05, 0.1) is 24.8 Å². The highest BCUT2D eigenvalue weighted by Gasteiger charge is 2.21. The van der Waals surface area contributed by atoms with Crippen LogP contribution in [0.3, 0.4) is 0 Å². The molecule has 0 spiro atoms. The Labute approximate surface area is 119 Å². The standard InChI is InChI=1S/C12H21ClN2O3S/c1-4-5-15-7-12(6-14-15)18-8-11(10(2)3)9-19(13,16)17/h6-7,10-11H,4-5,8-9H2,1-3H3. The monoisotopic (exact) mass is 308 g/mol. The summed E-state index contributed by atoms with van der Waals surface area (Å²) in [7, 11) is 1.79. The van der Waals surface area contributed by atoms with Gasteiger partial charge in [-0.05, 0) is 12.3 Å². The van der Waals surface area contributed by atoms with Gasteiger partial charge in [0.1, 0.15) is 0 Å². The number of hydrogen-bond donors (Lipinski definition) is 0. The molecule has 0 N–H and O–H groups in total. The molecule has 7 heteroatoms. The van der Waals surface area contributed by atoms with E-state index in [1.807, 2.05) is 20.0 Å². The molecule has 0 radical (unpaired) electrons. The lowest BCUT2D eigenvalue weighted by molar-refractivity contribution is 0.225. The van der Waals surface area contributed by atoms with Crippen molar-refractivity contribution in [1.82, 2.24) is 9.78 Å². The maximum Gasteiger partial charge on any atom is 0.233 e. The van der Waals surface area contributed by atoms with Gasteiger partial charge in [0.15, 0.2) is 5.75 Å². The van der Waals surface area contributed by atoms with E-state index in [4.69, 9.17) is 15.4 Å². The van der Waals surface area contributed by atoms with Crippen LogP contribution in [0.4, 0.5) is 0 Å². The number of rotatable bonds is 8. The highest BCUT2D eigenvalue weighted by Crippen LogP contribution is 2.18. The number of aryl methyl sites for hydroxylation is 1. The molecule has 0 aromatic carbocycles. The van der Waals surface area contributed by atoms with Crippen LogP contribution in [0, 0.1) is 11.8 Å². The van der Waals surface area contributed by atoms with E-state index in [-0.39, 0.29) is 17.6 Å². The van der Waals surface area contributed by atoms with E-state index in [0.717, 1.165) is 13.0 Å². The van der Waals surface area contributed by atoms with Gasteiger partial charge in [-0.3, -0.25) is 4.68 Å². The van der Waals surface area contributed by atoms with Gasteiger partial charge in [-0.25, -0.2) is 8.42 Å². The van der Waals surface area contributed by atoms with Crippen LogP contribution in [0.25, 0.3) is 0 Å². The molecule has 1 heterocycles. The molecule has 0 aliphatic rings. The first-order valence-electron chi connectivity index (χ1n) is 6.39. The molecule has 0 fully saturated rings. The van der Waals surface area contributed by atoms with Crippen molar-refractivity contribution >= 4 is 19.7 Å². The zero-order valence-corrected chi connectivity index (χ0v) is 13.1. The zero-order chi connectivity index (χ0) is 14.5. The fourth-order valence-electron chi connectivity index (χ4n) is 1.66. The van der Waals surface area contributed by atoms with E-state index in [0.29, 0.717) is 12.4 Å². The van der Waals surface area contributed by atoms with Crippen LogP contribution >= 0.6 is 10.7 Å². The lowest BCUT2D eigenvalue weighted by Crippen LogP contribution is -2.24. The van der Waals surface area contributed by atoms with Gasteiger partial charge in [-0.2, -0.15) is 5.10 Å². The van der Waals surface area contributed by atoms with Crippen molar-refractivity contribution in [3.8, 4) is 5.75 Å². The molecule has 1 unspecified atom stereocenters. The minimum absolute atomic E-state index is 0.0741. The Kier molecular flexibility index (Phi) is 6.13. The first-order valence-corrected chi connectivity index (χ1v) is 8.87. The van der Waals surface area contributed by atoms with Crippen LogP contribution in [-0.2, 0) is 15.6 Å². The third kappa shape index (κ3) is 6.29. The summed E-state index contributed by atoms with van der Waals surface area (Å²) in [5.41, 5.74) is 0. The summed E-state index contributed by atoms with van der Waals surface area (Å²) in [6.45, 7) is 7.14. The Balaban J connectivity index is 2.55. The third-order valence-electron chi connectivity index (χ3n) is 2.88. The predicted octanol–water partition coefficient (Wildman–Crippen LogP) is 2.51. The molecule has 1 aromatic heterocycles. The summed E-state index contributed by atoms with van der Waals surface area (Å²) in [6.07, 6.45) is 4.46. The molecule has 1 atom stereocenters. The van der Waals surface area contributed by atoms with Crippen molar-refractivity contribution in [2.24, 2.45) is 11.8 Å². The average Bonchev–Trinajstić information content (AvgIpc) is 2.71. The molecule has 0 bridgehead atoms. The number of hydrogen-bond acceptors (Lipinski definition) is 4. The molecule has 1 aromatic rings. The minimum Gasteiger partial charge on any atom is -0.490 e. The highest BCUT2D eigenvalue weighted by molar-refractivity contribution is 8.13. The molecule has 0 saturated carbocycles. The van der Waals surface area contributed by atoms with Gasteiger partial charge in [-0.1, -0.05) is 20.8 Å². The van der Waals surface area contributed by atoms with E-state index < -0.39 is 9.05 Å². The number of ether oxygens (including phenoxy) is 1. The van der Waals surface area contributed by atoms with Gasteiger partial charge >= 0.3 is 0 Å². The van der Waals surface area contributed by atoms with Gasteiger partial charge < -0.3 is 4.74 Å². The summed E-state index contributed by atoms with van der Waals surface area (Å²) < 4.78 is 29.7. The fourth-order valence-corrected chi connectivity index (χ4v) is 3.14. The van der Waals surface area contributed by atoms with Crippen LogP contribution in [0.1, 0.15) is 27.2 Å². The summed E-state index contributed by atoms with van der Waals surface area (Å²) in [5, 5.41) is 4.15. The van der Waals surface area contributed by atoms with Crippen molar-refractivity contribution in [1.29, 1.82) is 0 Å². The second kappa shape index (κ2) is 7.14. The topological polar surface area (TPSA) is 61.2 Å². The van der Waals surface area contributed by atoms with Crippen molar-refractivity contribution < 1.29 is 13.2 Å². The molecular formula is C12H21ClN2O3S. The smallest absolute Gasteiger partial charge is 0.233 e. The molecule has 19 heavy (non-hydrogen) atoms. The van der Waals surface area contributed by atoms with Crippen LogP contribution in [0.5, 0.6) is 5.75 Å². The largest absolute Gasteiger partial charge is 0.490 e. The molecular weight excluding hydrogens is 288 g/mol. The summed E-state index contributed by atoms with van der Waals surface area (Å²) in [5.74, 6) is 0.636. The van der Waals surface area contributed by atoms with Crippen LogP contribution < -0.4 is 4.74 Å². The zero-order valence-electron chi connectivity index (χ0n) is 11.5. The lowest BCUT2D eigenvalue weighted by atomic mass is 9.99. The molecule has 1 rings (SSSR count). The van der Waals surface area contributed by atoms with E-state index >= 15 is 0 Å². The average molecular weight is 309 g/mol. The SMILES string of the molecule is CCCn1cc(OCC(CS(=O)(=O)Cl)C(C)C)cn1. The predicted molar refractivity (Wildman–Crippen MR) is 76.0 cm³/mol. The summed E-state index contributed by atoms with van der Waals surface area (Å²) >= 11 is 0. The number of nitrogens with zero attached hydrogens (tertiary/aromatic N) is 2. The molecule has 0 amide bonds. The van der Waals surface area contributed by atoms with Crippen molar-refractivity contribution in [2.45, 2.75) is 33.7 Å². The second-order valence-corrected chi connectivity index (χ2v) is 7.78. The first-order chi connectivity index (χ1) is 8.81. The molecule has 5 nitrogen and oxygen atoms in total. The molecule has 110 valence electrons. The van der Waals surface area contributed by atoms with E-state index in [1.165, 1.54) is 0 Å².